The lowest BCUT2D eigenvalue weighted by molar-refractivity contribution is 1.01. The molecule has 0 aliphatic carbocycles. The van der Waals surface area contributed by atoms with Gasteiger partial charge in [-0.1, -0.05) is 12.1 Å². The second-order valence-electron chi connectivity index (χ2n) is 4.48. The molecule has 0 aliphatic rings. The maximum absolute atomic E-state index is 5.82. The Bertz CT molecular complexity index is 609. The molecule has 5 nitrogen and oxygen atoms in total. The minimum atomic E-state index is 0.665. The van der Waals surface area contributed by atoms with Crippen molar-refractivity contribution in [2.45, 2.75) is 6.92 Å². The molecular formula is C15H19N5. The number of nitrogens with one attached hydrogen (secondary N) is 1. The van der Waals surface area contributed by atoms with Crippen molar-refractivity contribution in [3.63, 3.8) is 0 Å². The molecule has 0 fully saturated rings. The largest absolute Gasteiger partial charge is 0.399 e. The van der Waals surface area contributed by atoms with Crippen LogP contribution in [-0.2, 0) is 0 Å². The first-order valence-corrected chi connectivity index (χ1v) is 6.40. The molecule has 1 aromatic carbocycles. The zero-order valence-corrected chi connectivity index (χ0v) is 11.8. The summed E-state index contributed by atoms with van der Waals surface area (Å²) in [5.41, 5.74) is 7.53. The number of benzene rings is 1. The van der Waals surface area contributed by atoms with E-state index in [4.69, 9.17) is 5.73 Å². The fourth-order valence-corrected chi connectivity index (χ4v) is 1.86. The van der Waals surface area contributed by atoms with Gasteiger partial charge >= 0.3 is 0 Å². The SMILES string of the molecule is C=CCNc1cc(N(C)c2cccc(N)c2)nc(C)n1. The summed E-state index contributed by atoms with van der Waals surface area (Å²) in [5.74, 6) is 2.31. The monoisotopic (exact) mass is 269 g/mol. The molecule has 1 aromatic heterocycles. The first-order chi connectivity index (χ1) is 9.60. The van der Waals surface area contributed by atoms with Crippen LogP contribution in [0.4, 0.5) is 23.0 Å². The van der Waals surface area contributed by atoms with Crippen LogP contribution in [0.1, 0.15) is 5.82 Å². The predicted octanol–water partition coefficient (Wildman–Crippen LogP) is 2.73. The van der Waals surface area contributed by atoms with Crippen LogP contribution in [0.15, 0.2) is 43.0 Å². The second-order valence-corrected chi connectivity index (χ2v) is 4.48. The predicted molar refractivity (Wildman–Crippen MR) is 84.4 cm³/mol. The molecule has 0 aliphatic heterocycles. The number of aromatic nitrogens is 2. The number of nitrogens with zero attached hydrogens (tertiary/aromatic N) is 3. The Morgan fingerprint density at radius 1 is 1.35 bits per heavy atom. The molecule has 0 bridgehead atoms. The van der Waals surface area contributed by atoms with Crippen molar-refractivity contribution in [1.29, 1.82) is 0 Å². The van der Waals surface area contributed by atoms with E-state index in [1.807, 2.05) is 49.2 Å². The van der Waals surface area contributed by atoms with Crippen LogP contribution in [0.2, 0.25) is 0 Å². The molecule has 0 saturated carbocycles. The first-order valence-electron chi connectivity index (χ1n) is 6.40. The fourth-order valence-electron chi connectivity index (χ4n) is 1.86. The van der Waals surface area contributed by atoms with Crippen molar-refractivity contribution in [3.05, 3.63) is 48.8 Å². The number of rotatable bonds is 5. The highest BCUT2D eigenvalue weighted by molar-refractivity contribution is 5.65. The van der Waals surface area contributed by atoms with E-state index in [-0.39, 0.29) is 0 Å². The molecule has 104 valence electrons. The Morgan fingerprint density at radius 2 is 2.15 bits per heavy atom. The van der Waals surface area contributed by atoms with Crippen molar-refractivity contribution < 1.29 is 0 Å². The smallest absolute Gasteiger partial charge is 0.138 e. The van der Waals surface area contributed by atoms with E-state index in [1.165, 1.54) is 0 Å². The molecule has 3 N–H and O–H groups in total. The molecule has 0 unspecified atom stereocenters. The molecule has 0 radical (unpaired) electrons. The van der Waals surface area contributed by atoms with E-state index in [0.717, 1.165) is 23.0 Å². The maximum Gasteiger partial charge on any atom is 0.138 e. The van der Waals surface area contributed by atoms with Gasteiger partial charge in [0.2, 0.25) is 0 Å². The van der Waals surface area contributed by atoms with Gasteiger partial charge in [-0.15, -0.1) is 6.58 Å². The summed E-state index contributed by atoms with van der Waals surface area (Å²) in [5, 5.41) is 3.17. The highest BCUT2D eigenvalue weighted by atomic mass is 15.2. The Labute approximate surface area is 119 Å². The topological polar surface area (TPSA) is 67.1 Å². The lowest BCUT2D eigenvalue weighted by atomic mass is 10.2. The summed E-state index contributed by atoms with van der Waals surface area (Å²) in [7, 11) is 1.95. The van der Waals surface area contributed by atoms with Crippen molar-refractivity contribution >= 4 is 23.0 Å². The summed E-state index contributed by atoms with van der Waals surface area (Å²) in [6.07, 6.45) is 1.79. The summed E-state index contributed by atoms with van der Waals surface area (Å²) in [6.45, 7) is 6.22. The van der Waals surface area contributed by atoms with Crippen molar-refractivity contribution in [3.8, 4) is 0 Å². The van der Waals surface area contributed by atoms with Gasteiger partial charge in [0.25, 0.3) is 0 Å². The molecule has 0 saturated heterocycles. The third-order valence-electron chi connectivity index (χ3n) is 2.85. The molecule has 0 amide bonds. The van der Waals surface area contributed by atoms with Crippen LogP contribution in [0.25, 0.3) is 0 Å². The average Bonchev–Trinajstić information content (AvgIpc) is 2.43. The Kier molecular flexibility index (Phi) is 4.20. The zero-order valence-electron chi connectivity index (χ0n) is 11.8. The first kappa shape index (κ1) is 13.9. The van der Waals surface area contributed by atoms with Crippen molar-refractivity contribution in [2.75, 3.05) is 29.5 Å². The van der Waals surface area contributed by atoms with Gasteiger partial charge in [0.05, 0.1) is 0 Å². The van der Waals surface area contributed by atoms with Crippen LogP contribution in [0.3, 0.4) is 0 Å². The van der Waals surface area contributed by atoms with Crippen LogP contribution in [0.5, 0.6) is 0 Å². The van der Waals surface area contributed by atoms with Gasteiger partial charge in [0.15, 0.2) is 0 Å². The number of nitrogens with two attached hydrogens (primary N) is 1. The van der Waals surface area contributed by atoms with E-state index in [0.29, 0.717) is 12.4 Å². The van der Waals surface area contributed by atoms with Crippen molar-refractivity contribution in [2.24, 2.45) is 0 Å². The standard InChI is InChI=1S/C15H19N5/c1-4-8-17-14-10-15(19-11(2)18-14)20(3)13-7-5-6-12(16)9-13/h4-7,9-10H,1,8,16H2,2-3H3,(H,17,18,19). The molecule has 2 rings (SSSR count). The van der Waals surface area contributed by atoms with Crippen LogP contribution in [0, 0.1) is 6.92 Å². The zero-order chi connectivity index (χ0) is 14.5. The summed E-state index contributed by atoms with van der Waals surface area (Å²) in [4.78, 5) is 10.8. The van der Waals surface area contributed by atoms with Gasteiger partial charge in [-0.3, -0.25) is 0 Å². The molecule has 1 heterocycles. The number of anilines is 4. The van der Waals surface area contributed by atoms with E-state index in [1.54, 1.807) is 6.08 Å². The summed E-state index contributed by atoms with van der Waals surface area (Å²) in [6, 6.07) is 9.59. The van der Waals surface area contributed by atoms with Gasteiger partial charge in [-0.05, 0) is 25.1 Å². The molecule has 2 aromatic rings. The van der Waals surface area contributed by atoms with E-state index >= 15 is 0 Å². The number of hydrogen-bond acceptors (Lipinski definition) is 5. The van der Waals surface area contributed by atoms with E-state index < -0.39 is 0 Å². The van der Waals surface area contributed by atoms with Crippen LogP contribution in [-0.4, -0.2) is 23.6 Å². The molecule has 20 heavy (non-hydrogen) atoms. The average molecular weight is 269 g/mol. The Hall–Kier alpha value is -2.56. The highest BCUT2D eigenvalue weighted by Crippen LogP contribution is 2.24. The molecule has 0 atom stereocenters. The molecular weight excluding hydrogens is 250 g/mol. The summed E-state index contributed by atoms with van der Waals surface area (Å²) < 4.78 is 0. The number of nitrogen functional groups attached to an aromatic ring is 1. The van der Waals surface area contributed by atoms with Gasteiger partial charge in [-0.2, -0.15) is 0 Å². The van der Waals surface area contributed by atoms with Crippen molar-refractivity contribution in [1.82, 2.24) is 9.97 Å². The third-order valence-corrected chi connectivity index (χ3v) is 2.85. The van der Waals surface area contributed by atoms with E-state index in [2.05, 4.69) is 21.9 Å². The lowest BCUT2D eigenvalue weighted by Gasteiger charge is -2.19. The van der Waals surface area contributed by atoms with E-state index in [9.17, 15) is 0 Å². The van der Waals surface area contributed by atoms with Gasteiger partial charge in [-0.25, -0.2) is 9.97 Å². The minimum Gasteiger partial charge on any atom is -0.399 e. The third kappa shape index (κ3) is 3.26. The summed E-state index contributed by atoms with van der Waals surface area (Å²) >= 11 is 0. The maximum atomic E-state index is 5.82. The highest BCUT2D eigenvalue weighted by Gasteiger charge is 2.08. The van der Waals surface area contributed by atoms with Crippen LogP contribution < -0.4 is 16.0 Å². The van der Waals surface area contributed by atoms with Gasteiger partial charge in [0, 0.05) is 31.0 Å². The molecule has 0 spiro atoms. The lowest BCUT2D eigenvalue weighted by Crippen LogP contribution is -2.13. The van der Waals surface area contributed by atoms with Gasteiger partial charge in [0.1, 0.15) is 17.5 Å². The quantitative estimate of drug-likeness (QED) is 0.645. The molecule has 5 heteroatoms. The fraction of sp³-hybridized carbons (Fsp3) is 0.200. The number of aryl methyl sites for hydroxylation is 1. The van der Waals surface area contributed by atoms with Crippen LogP contribution >= 0.6 is 0 Å². The minimum absolute atomic E-state index is 0.665. The Morgan fingerprint density at radius 3 is 2.85 bits per heavy atom. The normalized spacial score (nSPS) is 10.1. The second kappa shape index (κ2) is 6.06. The Balaban J connectivity index is 2.31. The number of hydrogen-bond donors (Lipinski definition) is 2. The van der Waals surface area contributed by atoms with Gasteiger partial charge < -0.3 is 16.0 Å².